The normalized spacial score (nSPS) is 20.2. The van der Waals surface area contributed by atoms with E-state index in [4.69, 9.17) is 14.2 Å². The van der Waals surface area contributed by atoms with E-state index in [-0.39, 0.29) is 36.7 Å². The molecule has 2 aromatic rings. The number of morpholine rings is 1. The van der Waals surface area contributed by atoms with Gasteiger partial charge in [-0.25, -0.2) is 4.79 Å². The van der Waals surface area contributed by atoms with E-state index in [2.05, 4.69) is 19.1 Å². The number of benzene rings is 2. The lowest BCUT2D eigenvalue weighted by atomic mass is 10.00. The van der Waals surface area contributed by atoms with Gasteiger partial charge in [-0.3, -0.25) is 4.79 Å². The van der Waals surface area contributed by atoms with Crippen LogP contribution in [-0.4, -0.2) is 66.9 Å². The molecule has 1 heterocycles. The summed E-state index contributed by atoms with van der Waals surface area (Å²) in [4.78, 5) is 29.7. The molecule has 2 aromatic carbocycles. The molecule has 3 atom stereocenters. The maximum Gasteiger partial charge on any atom is 0.410 e. The number of hydrogen-bond donors (Lipinski definition) is 0. The number of amides is 2. The van der Waals surface area contributed by atoms with Crippen molar-refractivity contribution in [3.05, 3.63) is 42.0 Å². The molecular weight excluding hydrogens is 420 g/mol. The lowest BCUT2D eigenvalue weighted by molar-refractivity contribution is -0.151. The monoisotopic (exact) mass is 454 g/mol. The summed E-state index contributed by atoms with van der Waals surface area (Å²) < 4.78 is 17.0. The molecule has 3 unspecified atom stereocenters. The number of ether oxygens (including phenoxy) is 3. The van der Waals surface area contributed by atoms with E-state index in [1.807, 2.05) is 43.0 Å². The first-order valence-corrected chi connectivity index (χ1v) is 11.9. The fourth-order valence-electron chi connectivity index (χ4n) is 4.37. The van der Waals surface area contributed by atoms with Crippen LogP contribution in [0.3, 0.4) is 0 Å². The third kappa shape index (κ3) is 5.08. The lowest BCUT2D eigenvalue weighted by Crippen LogP contribution is -2.53. The van der Waals surface area contributed by atoms with Gasteiger partial charge in [0.2, 0.25) is 0 Å². The van der Waals surface area contributed by atoms with Gasteiger partial charge >= 0.3 is 6.09 Å². The average molecular weight is 455 g/mol. The minimum atomic E-state index is -0.686. The van der Waals surface area contributed by atoms with E-state index in [9.17, 15) is 9.59 Å². The van der Waals surface area contributed by atoms with Crippen molar-refractivity contribution in [2.24, 2.45) is 0 Å². The van der Waals surface area contributed by atoms with Gasteiger partial charge in [-0.2, -0.15) is 0 Å². The number of hydrogen-bond acceptors (Lipinski definition) is 5. The number of rotatable bonds is 7. The Labute approximate surface area is 195 Å². The molecule has 0 radical (unpaired) electrons. The number of carbonyl (C=O) groups excluding carboxylic acids is 2. The molecule has 2 aliphatic rings. The number of methoxy groups -OCH3 is 1. The van der Waals surface area contributed by atoms with Crippen LogP contribution in [0.4, 0.5) is 4.79 Å². The quantitative estimate of drug-likeness (QED) is 0.615. The maximum absolute atomic E-state index is 13.7. The minimum absolute atomic E-state index is 0.0711. The molecule has 0 spiro atoms. The Morgan fingerprint density at radius 1 is 1.21 bits per heavy atom. The molecule has 1 aliphatic heterocycles. The summed E-state index contributed by atoms with van der Waals surface area (Å²) in [6.45, 7) is 6.86. The van der Waals surface area contributed by atoms with E-state index in [1.165, 1.54) is 0 Å². The molecule has 4 rings (SSSR count). The van der Waals surface area contributed by atoms with E-state index in [1.54, 1.807) is 12.0 Å². The van der Waals surface area contributed by atoms with Crippen LogP contribution in [0.15, 0.2) is 36.4 Å². The third-order valence-electron chi connectivity index (χ3n) is 6.64. The molecule has 0 N–H and O–H groups in total. The zero-order valence-electron chi connectivity index (χ0n) is 20.0. The van der Waals surface area contributed by atoms with Crippen LogP contribution in [0.2, 0.25) is 0 Å². The van der Waals surface area contributed by atoms with Gasteiger partial charge < -0.3 is 24.0 Å². The highest BCUT2D eigenvalue weighted by atomic mass is 16.6. The summed E-state index contributed by atoms with van der Waals surface area (Å²) in [7, 11) is 1.67. The van der Waals surface area contributed by atoms with Crippen molar-refractivity contribution in [1.29, 1.82) is 0 Å². The zero-order chi connectivity index (χ0) is 23.5. The van der Waals surface area contributed by atoms with Gasteiger partial charge in [-0.05, 0) is 56.2 Å². The second-order valence-corrected chi connectivity index (χ2v) is 9.01. The SMILES string of the molecule is CCC(C)OC(=O)N1CCOC(C(=O)N(C2CC2)C(C)c2cc(OC)c3ccccc3c2)C1. The molecule has 7 heteroatoms. The van der Waals surface area contributed by atoms with Gasteiger partial charge in [0.15, 0.2) is 6.10 Å². The first-order valence-electron chi connectivity index (χ1n) is 11.9. The standard InChI is InChI=1S/C26H34N2O5/c1-5-17(2)33-26(30)27-12-13-32-24(16-27)25(29)28(21-10-11-21)18(3)20-14-19-8-6-7-9-22(19)23(15-20)31-4/h6-9,14-15,17-18,21,24H,5,10-13,16H2,1-4H3. The molecule has 1 saturated heterocycles. The van der Waals surface area contributed by atoms with E-state index >= 15 is 0 Å². The highest BCUT2D eigenvalue weighted by Crippen LogP contribution is 2.38. The summed E-state index contributed by atoms with van der Waals surface area (Å²) in [5.74, 6) is 0.726. The lowest BCUT2D eigenvalue weighted by Gasteiger charge is -2.37. The molecule has 7 nitrogen and oxygen atoms in total. The first kappa shape index (κ1) is 23.4. The van der Waals surface area contributed by atoms with Crippen molar-refractivity contribution in [3.63, 3.8) is 0 Å². The largest absolute Gasteiger partial charge is 0.496 e. The van der Waals surface area contributed by atoms with Gasteiger partial charge in [0.05, 0.1) is 26.3 Å². The summed E-state index contributed by atoms with van der Waals surface area (Å²) in [5, 5.41) is 2.13. The smallest absolute Gasteiger partial charge is 0.410 e. The highest BCUT2D eigenvalue weighted by Gasteiger charge is 2.41. The second-order valence-electron chi connectivity index (χ2n) is 9.01. The van der Waals surface area contributed by atoms with Crippen molar-refractivity contribution >= 4 is 22.8 Å². The van der Waals surface area contributed by atoms with Gasteiger partial charge in [0, 0.05) is 18.0 Å². The summed E-state index contributed by atoms with van der Waals surface area (Å²) in [5.41, 5.74) is 1.02. The van der Waals surface area contributed by atoms with Crippen molar-refractivity contribution in [1.82, 2.24) is 9.80 Å². The second kappa shape index (κ2) is 10.00. The molecule has 1 aliphatic carbocycles. The Morgan fingerprint density at radius 2 is 1.97 bits per heavy atom. The predicted octanol–water partition coefficient (Wildman–Crippen LogP) is 4.54. The van der Waals surface area contributed by atoms with Gasteiger partial charge in [-0.15, -0.1) is 0 Å². The van der Waals surface area contributed by atoms with Crippen LogP contribution in [0.5, 0.6) is 5.75 Å². The highest BCUT2D eigenvalue weighted by molar-refractivity contribution is 5.89. The zero-order valence-corrected chi connectivity index (χ0v) is 20.0. The molecule has 0 bridgehead atoms. The Hall–Kier alpha value is -2.80. The van der Waals surface area contributed by atoms with Crippen LogP contribution in [0.25, 0.3) is 10.8 Å². The van der Waals surface area contributed by atoms with Crippen LogP contribution in [0, 0.1) is 0 Å². The molecule has 2 amide bonds. The number of nitrogens with zero attached hydrogens (tertiary/aromatic N) is 2. The van der Waals surface area contributed by atoms with Crippen molar-refractivity contribution in [2.75, 3.05) is 26.8 Å². The summed E-state index contributed by atoms with van der Waals surface area (Å²) in [6, 6.07) is 12.3. The van der Waals surface area contributed by atoms with Crippen LogP contribution >= 0.6 is 0 Å². The Balaban J connectivity index is 1.54. The number of carbonyl (C=O) groups is 2. The Kier molecular flexibility index (Phi) is 7.08. The fraction of sp³-hybridized carbons (Fsp3) is 0.538. The first-order chi connectivity index (χ1) is 15.9. The third-order valence-corrected chi connectivity index (χ3v) is 6.64. The maximum atomic E-state index is 13.7. The number of fused-ring (bicyclic) bond motifs is 1. The van der Waals surface area contributed by atoms with Gasteiger partial charge in [-0.1, -0.05) is 31.2 Å². The summed E-state index contributed by atoms with van der Waals surface area (Å²) in [6.07, 6.45) is 1.49. The van der Waals surface area contributed by atoms with Crippen molar-refractivity contribution < 1.29 is 23.8 Å². The van der Waals surface area contributed by atoms with E-state index in [0.717, 1.165) is 41.3 Å². The Morgan fingerprint density at radius 3 is 2.67 bits per heavy atom. The van der Waals surface area contributed by atoms with Crippen LogP contribution < -0.4 is 4.74 Å². The summed E-state index contributed by atoms with van der Waals surface area (Å²) >= 11 is 0. The van der Waals surface area contributed by atoms with Crippen molar-refractivity contribution in [2.45, 2.75) is 64.3 Å². The van der Waals surface area contributed by atoms with E-state index < -0.39 is 6.10 Å². The van der Waals surface area contributed by atoms with Gasteiger partial charge in [0.25, 0.3) is 5.91 Å². The van der Waals surface area contributed by atoms with Gasteiger partial charge in [0.1, 0.15) is 11.9 Å². The topological polar surface area (TPSA) is 68.3 Å². The molecule has 33 heavy (non-hydrogen) atoms. The minimum Gasteiger partial charge on any atom is -0.496 e. The molecule has 2 fully saturated rings. The van der Waals surface area contributed by atoms with E-state index in [0.29, 0.717) is 13.2 Å². The average Bonchev–Trinajstić information content (AvgIpc) is 3.68. The molecule has 1 saturated carbocycles. The molecule has 178 valence electrons. The Bertz CT molecular complexity index is 1010. The van der Waals surface area contributed by atoms with Crippen LogP contribution in [-0.2, 0) is 14.3 Å². The predicted molar refractivity (Wildman–Crippen MR) is 126 cm³/mol. The fourth-order valence-corrected chi connectivity index (χ4v) is 4.37. The van der Waals surface area contributed by atoms with Crippen LogP contribution in [0.1, 0.15) is 51.6 Å². The molecule has 0 aromatic heterocycles. The molecular formula is C26H34N2O5. The van der Waals surface area contributed by atoms with Crippen molar-refractivity contribution in [3.8, 4) is 5.75 Å².